The van der Waals surface area contributed by atoms with E-state index in [-0.39, 0.29) is 5.38 Å². The van der Waals surface area contributed by atoms with Crippen LogP contribution in [0.4, 0.5) is 0 Å². The fourth-order valence-corrected chi connectivity index (χ4v) is 2.58. The number of benzene rings is 1. The van der Waals surface area contributed by atoms with E-state index in [1.807, 2.05) is 12.1 Å². The number of aromatic nitrogens is 1. The number of alkyl halides is 1. The molecule has 0 radical (unpaired) electrons. The number of pyridine rings is 1. The van der Waals surface area contributed by atoms with Gasteiger partial charge in [0.1, 0.15) is 0 Å². The Morgan fingerprint density at radius 1 is 1.33 bits per heavy atom. The van der Waals surface area contributed by atoms with E-state index in [1.165, 1.54) is 5.56 Å². The Balaban J connectivity index is 2.19. The van der Waals surface area contributed by atoms with Crippen LogP contribution >= 0.6 is 39.1 Å². The summed E-state index contributed by atoms with van der Waals surface area (Å²) < 4.78 is 1.08. The van der Waals surface area contributed by atoms with Crippen molar-refractivity contribution in [2.24, 2.45) is 0 Å². The van der Waals surface area contributed by atoms with E-state index in [1.54, 1.807) is 12.4 Å². The van der Waals surface area contributed by atoms with E-state index >= 15 is 0 Å². The molecule has 0 aliphatic heterocycles. The molecule has 0 aliphatic carbocycles. The summed E-state index contributed by atoms with van der Waals surface area (Å²) in [6, 6.07) is 8.07. The normalized spacial score (nSPS) is 12.4. The van der Waals surface area contributed by atoms with Crippen molar-refractivity contribution in [2.45, 2.75) is 18.7 Å². The van der Waals surface area contributed by atoms with Crippen LogP contribution in [0.15, 0.2) is 41.1 Å². The lowest BCUT2D eigenvalue weighted by Gasteiger charge is -2.12. The van der Waals surface area contributed by atoms with Gasteiger partial charge in [0.25, 0.3) is 0 Å². The molecule has 4 heteroatoms. The van der Waals surface area contributed by atoms with Crippen LogP contribution in [0.3, 0.4) is 0 Å². The van der Waals surface area contributed by atoms with Gasteiger partial charge < -0.3 is 0 Å². The van der Waals surface area contributed by atoms with Crippen LogP contribution < -0.4 is 0 Å². The molecular formula is C14H12BrCl2N. The molecule has 0 bridgehead atoms. The Labute approximate surface area is 125 Å². The Morgan fingerprint density at radius 2 is 2.11 bits per heavy atom. The molecule has 0 amide bonds. The minimum absolute atomic E-state index is 0.0956. The lowest BCUT2D eigenvalue weighted by Crippen LogP contribution is -1.97. The molecule has 0 aliphatic rings. The average molecular weight is 345 g/mol. The second-order valence-corrected chi connectivity index (χ2v) is 5.94. The van der Waals surface area contributed by atoms with Gasteiger partial charge in [-0.2, -0.15) is 0 Å². The summed E-state index contributed by atoms with van der Waals surface area (Å²) in [5.74, 6) is 0. The largest absolute Gasteiger partial charge is 0.263 e. The third kappa shape index (κ3) is 3.25. The first-order valence-electron chi connectivity index (χ1n) is 5.56. The SMILES string of the molecule is Cc1ccc(C(Cl)Cc2ccncc2Cl)cc1Br. The Bertz CT molecular complexity index is 557. The smallest absolute Gasteiger partial charge is 0.0626 e. The van der Waals surface area contributed by atoms with Crippen LogP contribution in [0.1, 0.15) is 22.1 Å². The van der Waals surface area contributed by atoms with Crippen molar-refractivity contribution in [3.05, 3.63) is 62.8 Å². The zero-order valence-electron chi connectivity index (χ0n) is 9.83. The maximum atomic E-state index is 6.44. The molecule has 18 heavy (non-hydrogen) atoms. The molecule has 1 aromatic carbocycles. The van der Waals surface area contributed by atoms with Crippen molar-refractivity contribution in [3.63, 3.8) is 0 Å². The summed E-state index contributed by atoms with van der Waals surface area (Å²) in [4.78, 5) is 3.97. The van der Waals surface area contributed by atoms with Gasteiger partial charge in [0.15, 0.2) is 0 Å². The molecular weight excluding hydrogens is 333 g/mol. The number of nitrogens with zero attached hydrogens (tertiary/aromatic N) is 1. The molecule has 1 atom stereocenters. The molecule has 1 aromatic heterocycles. The van der Waals surface area contributed by atoms with E-state index in [2.05, 4.69) is 40.0 Å². The van der Waals surface area contributed by atoms with Crippen LogP contribution in [0, 0.1) is 6.92 Å². The lowest BCUT2D eigenvalue weighted by molar-refractivity contribution is 0.914. The van der Waals surface area contributed by atoms with Gasteiger partial charge in [-0.05, 0) is 42.2 Å². The first-order chi connectivity index (χ1) is 8.58. The van der Waals surface area contributed by atoms with Crippen molar-refractivity contribution >= 4 is 39.1 Å². The van der Waals surface area contributed by atoms with E-state index in [9.17, 15) is 0 Å². The molecule has 2 rings (SSSR count). The van der Waals surface area contributed by atoms with Gasteiger partial charge in [-0.15, -0.1) is 11.6 Å². The standard InChI is InChI=1S/C14H12BrCl2N/c1-9-2-3-10(6-12(9)15)13(16)7-11-4-5-18-8-14(11)17/h2-6,8,13H,7H2,1H3. The highest BCUT2D eigenvalue weighted by Crippen LogP contribution is 2.30. The van der Waals surface area contributed by atoms with Crippen molar-refractivity contribution in [2.75, 3.05) is 0 Å². The molecule has 0 spiro atoms. The highest BCUT2D eigenvalue weighted by Gasteiger charge is 2.12. The first kappa shape index (κ1) is 13.9. The van der Waals surface area contributed by atoms with E-state index < -0.39 is 0 Å². The predicted molar refractivity (Wildman–Crippen MR) is 80.4 cm³/mol. The molecule has 1 heterocycles. The van der Waals surface area contributed by atoms with Gasteiger partial charge in [0.05, 0.1) is 10.4 Å². The van der Waals surface area contributed by atoms with Crippen molar-refractivity contribution < 1.29 is 0 Å². The first-order valence-corrected chi connectivity index (χ1v) is 7.17. The fraction of sp³-hybridized carbons (Fsp3) is 0.214. The minimum atomic E-state index is -0.0956. The Hall–Kier alpha value is -0.570. The van der Waals surface area contributed by atoms with E-state index in [4.69, 9.17) is 23.2 Å². The highest BCUT2D eigenvalue weighted by atomic mass is 79.9. The molecule has 0 saturated heterocycles. The van der Waals surface area contributed by atoms with Crippen molar-refractivity contribution in [3.8, 4) is 0 Å². The van der Waals surface area contributed by atoms with Gasteiger partial charge in [-0.1, -0.05) is 39.7 Å². The van der Waals surface area contributed by atoms with Gasteiger partial charge in [0, 0.05) is 16.9 Å². The summed E-state index contributed by atoms with van der Waals surface area (Å²) in [6.07, 6.45) is 4.07. The van der Waals surface area contributed by atoms with Gasteiger partial charge >= 0.3 is 0 Å². The van der Waals surface area contributed by atoms with Crippen LogP contribution in [0.5, 0.6) is 0 Å². The molecule has 0 saturated carbocycles. The van der Waals surface area contributed by atoms with Crippen LogP contribution in [0.2, 0.25) is 5.02 Å². The summed E-state index contributed by atoms with van der Waals surface area (Å²) in [6.45, 7) is 2.05. The van der Waals surface area contributed by atoms with Crippen molar-refractivity contribution in [1.29, 1.82) is 0 Å². The monoisotopic (exact) mass is 343 g/mol. The summed E-state index contributed by atoms with van der Waals surface area (Å²) >= 11 is 16.0. The Morgan fingerprint density at radius 3 is 2.78 bits per heavy atom. The fourth-order valence-electron chi connectivity index (χ4n) is 1.68. The zero-order valence-corrected chi connectivity index (χ0v) is 12.9. The Kier molecular flexibility index (Phi) is 4.66. The number of aryl methyl sites for hydroxylation is 1. The number of hydrogen-bond donors (Lipinski definition) is 0. The molecule has 0 fully saturated rings. The number of rotatable bonds is 3. The lowest BCUT2D eigenvalue weighted by atomic mass is 10.0. The third-order valence-electron chi connectivity index (χ3n) is 2.81. The van der Waals surface area contributed by atoms with Crippen molar-refractivity contribution in [1.82, 2.24) is 4.98 Å². The van der Waals surface area contributed by atoms with Crippen LogP contribution in [0.25, 0.3) is 0 Å². The van der Waals surface area contributed by atoms with Gasteiger partial charge in [-0.25, -0.2) is 0 Å². The predicted octanol–water partition coefficient (Wildman–Crippen LogP) is 5.33. The summed E-state index contributed by atoms with van der Waals surface area (Å²) in [5, 5.41) is 0.566. The molecule has 0 N–H and O–H groups in total. The summed E-state index contributed by atoms with van der Waals surface area (Å²) in [7, 11) is 0. The van der Waals surface area contributed by atoms with Gasteiger partial charge in [0.2, 0.25) is 0 Å². The maximum Gasteiger partial charge on any atom is 0.0626 e. The average Bonchev–Trinajstić information content (AvgIpc) is 2.35. The quantitative estimate of drug-likeness (QED) is 0.686. The van der Waals surface area contributed by atoms with Crippen LogP contribution in [-0.2, 0) is 6.42 Å². The number of halogens is 3. The van der Waals surface area contributed by atoms with E-state index in [0.29, 0.717) is 11.4 Å². The maximum absolute atomic E-state index is 6.44. The number of hydrogen-bond acceptors (Lipinski definition) is 1. The third-order valence-corrected chi connectivity index (χ3v) is 4.41. The highest BCUT2D eigenvalue weighted by molar-refractivity contribution is 9.10. The van der Waals surface area contributed by atoms with Crippen LogP contribution in [-0.4, -0.2) is 4.98 Å². The topological polar surface area (TPSA) is 12.9 Å². The second kappa shape index (κ2) is 6.05. The molecule has 1 nitrogen and oxygen atoms in total. The summed E-state index contributed by atoms with van der Waals surface area (Å²) in [5.41, 5.74) is 3.30. The van der Waals surface area contributed by atoms with E-state index in [0.717, 1.165) is 15.6 Å². The van der Waals surface area contributed by atoms with Gasteiger partial charge in [-0.3, -0.25) is 4.98 Å². The molecule has 2 aromatic rings. The molecule has 1 unspecified atom stereocenters. The second-order valence-electron chi connectivity index (χ2n) is 4.15. The zero-order chi connectivity index (χ0) is 13.1. The minimum Gasteiger partial charge on any atom is -0.263 e. The molecule has 94 valence electrons.